The van der Waals surface area contributed by atoms with Gasteiger partial charge in [-0.15, -0.1) is 0 Å². The van der Waals surface area contributed by atoms with Gasteiger partial charge < -0.3 is 9.53 Å². The lowest BCUT2D eigenvalue weighted by Crippen LogP contribution is -2.11. The molecule has 0 unspecified atom stereocenters. The summed E-state index contributed by atoms with van der Waals surface area (Å²) in [5, 5.41) is 0. The zero-order chi connectivity index (χ0) is 16.5. The molecule has 2 rings (SSSR count). The smallest absolute Gasteiger partial charge is 0.124 e. The Morgan fingerprint density at radius 1 is 1.14 bits per heavy atom. The van der Waals surface area contributed by atoms with Crippen molar-refractivity contribution >= 4 is 6.29 Å². The van der Waals surface area contributed by atoms with Crippen LogP contribution >= 0.6 is 0 Å². The Balaban J connectivity index is 2.40. The predicted octanol–water partition coefficient (Wildman–Crippen LogP) is 4.67. The second-order valence-electron chi connectivity index (χ2n) is 7.41. The maximum absolute atomic E-state index is 11.5. The van der Waals surface area contributed by atoms with E-state index in [9.17, 15) is 4.79 Å². The van der Waals surface area contributed by atoms with Crippen LogP contribution < -0.4 is 0 Å². The van der Waals surface area contributed by atoms with Crippen molar-refractivity contribution in [2.24, 2.45) is 11.8 Å². The van der Waals surface area contributed by atoms with Gasteiger partial charge in [-0.2, -0.15) is 0 Å². The molecule has 1 aliphatic rings. The number of benzene rings is 1. The number of rotatable bonds is 7. The topological polar surface area (TPSA) is 26.3 Å². The second kappa shape index (κ2) is 6.54. The summed E-state index contributed by atoms with van der Waals surface area (Å²) in [5.41, 5.74) is 3.98. The summed E-state index contributed by atoms with van der Waals surface area (Å²) < 4.78 is 5.60. The van der Waals surface area contributed by atoms with Crippen LogP contribution in [0.3, 0.4) is 0 Å². The molecule has 1 fully saturated rings. The monoisotopic (exact) mass is 302 g/mol. The molecule has 0 aliphatic heterocycles. The molecule has 0 spiro atoms. The van der Waals surface area contributed by atoms with E-state index in [-0.39, 0.29) is 11.3 Å². The third-order valence-corrected chi connectivity index (χ3v) is 5.37. The van der Waals surface area contributed by atoms with E-state index in [1.165, 1.54) is 16.7 Å². The third-order valence-electron chi connectivity index (χ3n) is 5.37. The Morgan fingerprint density at radius 2 is 1.68 bits per heavy atom. The fourth-order valence-corrected chi connectivity index (χ4v) is 3.46. The molecule has 22 heavy (non-hydrogen) atoms. The van der Waals surface area contributed by atoms with Crippen molar-refractivity contribution < 1.29 is 9.53 Å². The number of hydrogen-bond acceptors (Lipinski definition) is 2. The highest BCUT2D eigenvalue weighted by atomic mass is 16.5. The molecule has 0 heterocycles. The molecule has 0 saturated heterocycles. The maximum atomic E-state index is 11.5. The zero-order valence-corrected chi connectivity index (χ0v) is 14.8. The predicted molar refractivity (Wildman–Crippen MR) is 91.5 cm³/mol. The van der Waals surface area contributed by atoms with Gasteiger partial charge in [-0.3, -0.25) is 0 Å². The van der Waals surface area contributed by atoms with Crippen molar-refractivity contribution in [2.45, 2.75) is 58.8 Å². The van der Waals surface area contributed by atoms with E-state index in [0.717, 1.165) is 6.29 Å². The molecule has 1 aliphatic carbocycles. The lowest BCUT2D eigenvalue weighted by Gasteiger charge is -2.19. The summed E-state index contributed by atoms with van der Waals surface area (Å²) in [4.78, 5) is 11.5. The lowest BCUT2D eigenvalue weighted by atomic mass is 9.86. The van der Waals surface area contributed by atoms with Crippen LogP contribution in [0.2, 0.25) is 0 Å². The molecular formula is C20H30O2. The van der Waals surface area contributed by atoms with Gasteiger partial charge in [-0.1, -0.05) is 52.8 Å². The van der Waals surface area contributed by atoms with Crippen molar-refractivity contribution in [1.82, 2.24) is 0 Å². The molecule has 0 radical (unpaired) electrons. The SMILES string of the molecule is CCOC[C@H]1[C@H](C=O)[C@]1(C)c1cc(C(C)C)cc(C(C)C)c1. The molecule has 3 atom stereocenters. The number of ether oxygens (including phenoxy) is 1. The van der Waals surface area contributed by atoms with E-state index in [4.69, 9.17) is 4.74 Å². The van der Waals surface area contributed by atoms with E-state index < -0.39 is 0 Å². The van der Waals surface area contributed by atoms with Gasteiger partial charge in [0.25, 0.3) is 0 Å². The van der Waals surface area contributed by atoms with Gasteiger partial charge in [0.2, 0.25) is 0 Å². The summed E-state index contributed by atoms with van der Waals surface area (Å²) in [6.45, 7) is 14.5. The molecule has 0 bridgehead atoms. The first-order valence-electron chi connectivity index (χ1n) is 8.54. The highest BCUT2D eigenvalue weighted by molar-refractivity contribution is 5.66. The van der Waals surface area contributed by atoms with Crippen LogP contribution in [0.1, 0.15) is 70.1 Å². The van der Waals surface area contributed by atoms with Gasteiger partial charge in [0, 0.05) is 23.9 Å². The number of carbonyl (C=O) groups excluding carboxylic acids is 1. The highest BCUT2D eigenvalue weighted by Crippen LogP contribution is 2.59. The van der Waals surface area contributed by atoms with Crippen LogP contribution in [-0.2, 0) is 14.9 Å². The summed E-state index contributed by atoms with van der Waals surface area (Å²) in [7, 11) is 0. The standard InChI is InChI=1S/C20H30O2/c1-7-22-12-19-18(11-21)20(19,6)17-9-15(13(2)3)8-16(10-17)14(4)5/h8-11,13-14,18-19H,7,12H2,1-6H3/t18-,19-,20-/m0/s1. The highest BCUT2D eigenvalue weighted by Gasteiger charge is 2.62. The average Bonchev–Trinajstić information content (AvgIpc) is 3.09. The number of carbonyl (C=O) groups is 1. The Bertz CT molecular complexity index is 506. The fourth-order valence-electron chi connectivity index (χ4n) is 3.46. The largest absolute Gasteiger partial charge is 0.381 e. The van der Waals surface area contributed by atoms with Crippen molar-refractivity contribution in [3.05, 3.63) is 34.9 Å². The van der Waals surface area contributed by atoms with Crippen molar-refractivity contribution in [3.63, 3.8) is 0 Å². The summed E-state index contributed by atoms with van der Waals surface area (Å²) >= 11 is 0. The van der Waals surface area contributed by atoms with Crippen molar-refractivity contribution in [3.8, 4) is 0 Å². The van der Waals surface area contributed by atoms with Crippen LogP contribution in [0.15, 0.2) is 18.2 Å². The molecule has 122 valence electrons. The molecule has 1 aromatic carbocycles. The molecule has 0 aromatic heterocycles. The van der Waals surface area contributed by atoms with Crippen LogP contribution in [0.4, 0.5) is 0 Å². The van der Waals surface area contributed by atoms with E-state index in [0.29, 0.717) is 31.0 Å². The summed E-state index contributed by atoms with van der Waals surface area (Å²) in [6, 6.07) is 6.93. The summed E-state index contributed by atoms with van der Waals surface area (Å²) in [6.07, 6.45) is 1.13. The zero-order valence-electron chi connectivity index (χ0n) is 14.8. The first kappa shape index (κ1) is 17.2. The van der Waals surface area contributed by atoms with Crippen LogP contribution in [0.25, 0.3) is 0 Å². The molecule has 2 nitrogen and oxygen atoms in total. The van der Waals surface area contributed by atoms with Crippen molar-refractivity contribution in [2.75, 3.05) is 13.2 Å². The van der Waals surface area contributed by atoms with Crippen LogP contribution in [-0.4, -0.2) is 19.5 Å². The molecule has 0 amide bonds. The Morgan fingerprint density at radius 3 is 2.09 bits per heavy atom. The van der Waals surface area contributed by atoms with E-state index >= 15 is 0 Å². The van der Waals surface area contributed by atoms with Crippen molar-refractivity contribution in [1.29, 1.82) is 0 Å². The van der Waals surface area contributed by atoms with E-state index in [1.54, 1.807) is 0 Å². The number of hydrogen-bond donors (Lipinski definition) is 0. The van der Waals surface area contributed by atoms with E-state index in [1.807, 2.05) is 6.92 Å². The quantitative estimate of drug-likeness (QED) is 0.684. The Kier molecular flexibility index (Phi) is 5.11. The minimum absolute atomic E-state index is 0.0640. The van der Waals surface area contributed by atoms with Gasteiger partial charge >= 0.3 is 0 Å². The van der Waals surface area contributed by atoms with E-state index in [2.05, 4.69) is 52.8 Å². The third kappa shape index (κ3) is 2.99. The Labute approximate surface area is 135 Å². The maximum Gasteiger partial charge on any atom is 0.124 e. The van der Waals surface area contributed by atoms with Gasteiger partial charge in [0.15, 0.2) is 0 Å². The minimum atomic E-state index is -0.0640. The molecule has 1 aromatic rings. The molecule has 2 heteroatoms. The molecule has 1 saturated carbocycles. The first-order chi connectivity index (χ1) is 10.4. The van der Waals surface area contributed by atoms with Crippen LogP contribution in [0.5, 0.6) is 0 Å². The normalized spacial score (nSPS) is 27.5. The molecular weight excluding hydrogens is 272 g/mol. The van der Waals surface area contributed by atoms with Gasteiger partial charge in [-0.05, 0) is 35.4 Å². The fraction of sp³-hybridized carbons (Fsp3) is 0.650. The number of aldehydes is 1. The van der Waals surface area contributed by atoms with Gasteiger partial charge in [0.1, 0.15) is 6.29 Å². The Hall–Kier alpha value is -1.15. The van der Waals surface area contributed by atoms with Gasteiger partial charge in [-0.25, -0.2) is 0 Å². The van der Waals surface area contributed by atoms with Gasteiger partial charge in [0.05, 0.1) is 6.61 Å². The summed E-state index contributed by atoms with van der Waals surface area (Å²) in [5.74, 6) is 1.40. The minimum Gasteiger partial charge on any atom is -0.381 e. The molecule has 0 N–H and O–H groups in total. The first-order valence-corrected chi connectivity index (χ1v) is 8.54. The lowest BCUT2D eigenvalue weighted by molar-refractivity contribution is -0.109. The second-order valence-corrected chi connectivity index (χ2v) is 7.41. The van der Waals surface area contributed by atoms with Crippen LogP contribution in [0, 0.1) is 11.8 Å². The average molecular weight is 302 g/mol.